The topological polar surface area (TPSA) is 112 Å². The third-order valence-corrected chi connectivity index (χ3v) is 9.85. The minimum absolute atomic E-state index is 0.00517. The Labute approximate surface area is 268 Å². The molecule has 3 amide bonds. The van der Waals surface area contributed by atoms with E-state index in [9.17, 15) is 22.8 Å². The summed E-state index contributed by atoms with van der Waals surface area (Å²) in [4.78, 5) is 34.5. The summed E-state index contributed by atoms with van der Waals surface area (Å²) in [7, 11) is -0.707. The molecule has 1 fully saturated rings. The number of nitrogens with zero attached hydrogens (tertiary/aromatic N) is 3. The average Bonchev–Trinajstić information content (AvgIpc) is 3.16. The smallest absolute Gasteiger partial charge is 0.406 e. The fourth-order valence-electron chi connectivity index (χ4n) is 4.77. The van der Waals surface area contributed by atoms with Crippen molar-refractivity contribution in [1.82, 2.24) is 10.3 Å². The van der Waals surface area contributed by atoms with Gasteiger partial charge in [-0.3, -0.25) is 14.6 Å². The summed E-state index contributed by atoms with van der Waals surface area (Å²) < 4.78 is 65.5. The predicted octanol–water partition coefficient (Wildman–Crippen LogP) is 4.84. The molecule has 0 aliphatic carbocycles. The van der Waals surface area contributed by atoms with Gasteiger partial charge in [-0.15, -0.1) is 13.2 Å². The molecule has 2 aliphatic rings. The second kappa shape index (κ2) is 13.5. The number of methoxy groups -OCH3 is 1. The number of urea groups is 1. The number of amides is 3. The van der Waals surface area contributed by atoms with E-state index in [2.05, 4.69) is 34.7 Å². The molecule has 0 saturated carbocycles. The van der Waals surface area contributed by atoms with Gasteiger partial charge in [-0.1, -0.05) is 31.8 Å². The quantitative estimate of drug-likeness (QED) is 0.268. The van der Waals surface area contributed by atoms with Crippen LogP contribution in [0, 0.1) is 0 Å². The van der Waals surface area contributed by atoms with Crippen LogP contribution in [0.5, 0.6) is 5.75 Å². The number of rotatable bonds is 11. The number of aromatic nitrogens is 1. The number of hydrogen-bond donors (Lipinski definition) is 1. The van der Waals surface area contributed by atoms with Crippen LogP contribution in [-0.2, 0) is 23.6 Å². The first-order valence-corrected chi connectivity index (χ1v) is 18.7. The molecule has 252 valence electrons. The van der Waals surface area contributed by atoms with Crippen LogP contribution in [-0.4, -0.2) is 83.3 Å². The second-order valence-corrected chi connectivity index (χ2v) is 19.2. The molecule has 2 aromatic rings. The number of pyridine rings is 1. The van der Waals surface area contributed by atoms with Gasteiger partial charge in [0.05, 0.1) is 29.5 Å². The van der Waals surface area contributed by atoms with Crippen LogP contribution in [0.3, 0.4) is 0 Å². The van der Waals surface area contributed by atoms with E-state index in [1.165, 1.54) is 29.0 Å². The zero-order valence-electron chi connectivity index (χ0n) is 27.5. The maximum Gasteiger partial charge on any atom is 0.573 e. The summed E-state index contributed by atoms with van der Waals surface area (Å²) in [6.45, 7) is 14.6. The van der Waals surface area contributed by atoms with Crippen LogP contribution in [0.1, 0.15) is 39.3 Å². The maximum absolute atomic E-state index is 13.7. The molecule has 1 atom stereocenters. The molecule has 0 radical (unpaired) electrons. The number of carbonyl (C=O) groups is 2. The van der Waals surface area contributed by atoms with E-state index in [0.29, 0.717) is 23.3 Å². The number of benzene rings is 1. The van der Waals surface area contributed by atoms with Crippen molar-refractivity contribution < 1.29 is 46.3 Å². The Bertz CT molecular complexity index is 1390. The van der Waals surface area contributed by atoms with E-state index in [1.807, 2.05) is 27.7 Å². The lowest BCUT2D eigenvalue weighted by atomic mass is 9.80. The number of hydrogen-bond acceptors (Lipinski definition) is 8. The van der Waals surface area contributed by atoms with E-state index in [4.69, 9.17) is 18.8 Å². The van der Waals surface area contributed by atoms with Gasteiger partial charge in [0.15, 0.2) is 5.82 Å². The highest BCUT2D eigenvalue weighted by molar-refractivity contribution is 6.76. The Morgan fingerprint density at radius 2 is 1.76 bits per heavy atom. The van der Waals surface area contributed by atoms with Gasteiger partial charge in [0, 0.05) is 33.5 Å². The van der Waals surface area contributed by atoms with Crippen LogP contribution in [0.4, 0.5) is 29.5 Å². The molecule has 1 aromatic heterocycles. The Hall–Kier alpha value is -3.18. The fraction of sp³-hybridized carbons (Fsp3) is 0.567. The molecule has 11 nitrogen and oxygen atoms in total. The number of alkyl halides is 3. The number of ether oxygens (including phenoxy) is 3. The van der Waals surface area contributed by atoms with E-state index < -0.39 is 50.6 Å². The summed E-state index contributed by atoms with van der Waals surface area (Å²) in [6, 6.07) is 6.31. The van der Waals surface area contributed by atoms with Crippen molar-refractivity contribution in [2.24, 2.45) is 0 Å². The minimum atomic E-state index is -4.83. The largest absolute Gasteiger partial charge is 0.573 e. The van der Waals surface area contributed by atoms with Crippen molar-refractivity contribution in [2.75, 3.05) is 43.4 Å². The molecule has 46 heavy (non-hydrogen) atoms. The summed E-state index contributed by atoms with van der Waals surface area (Å²) in [6.07, 6.45) is -3.29. The SMILES string of the molecule is COCC(NC(=O)N1CC(=O)N(COCC[Si](C)(C)C)c2cc(B3OC(C)(C)C(C)(C)O3)cnc21)c1ccc(OC(F)(F)F)cc1. The molecule has 0 bridgehead atoms. The zero-order valence-corrected chi connectivity index (χ0v) is 28.5. The Morgan fingerprint density at radius 1 is 1.13 bits per heavy atom. The molecule has 3 heterocycles. The molecule has 0 spiro atoms. The van der Waals surface area contributed by atoms with Crippen LogP contribution >= 0.6 is 0 Å². The van der Waals surface area contributed by atoms with Crippen LogP contribution in [0.2, 0.25) is 25.7 Å². The number of halogens is 3. The van der Waals surface area contributed by atoms with Gasteiger partial charge in [-0.2, -0.15) is 0 Å². The molecule has 1 aromatic carbocycles. The van der Waals surface area contributed by atoms with Crippen molar-refractivity contribution in [1.29, 1.82) is 0 Å². The minimum Gasteiger partial charge on any atom is -0.406 e. The number of carbonyl (C=O) groups excluding carboxylic acids is 2. The first-order chi connectivity index (χ1) is 21.3. The third-order valence-electron chi connectivity index (χ3n) is 8.14. The molecular weight excluding hydrogens is 624 g/mol. The van der Waals surface area contributed by atoms with Gasteiger partial charge in [0.2, 0.25) is 5.91 Å². The lowest BCUT2D eigenvalue weighted by Gasteiger charge is -2.36. The van der Waals surface area contributed by atoms with Gasteiger partial charge in [0.1, 0.15) is 19.0 Å². The fourth-order valence-corrected chi connectivity index (χ4v) is 5.52. The molecule has 1 N–H and O–H groups in total. The van der Waals surface area contributed by atoms with Crippen molar-refractivity contribution in [3.05, 3.63) is 42.1 Å². The predicted molar refractivity (Wildman–Crippen MR) is 170 cm³/mol. The normalized spacial score (nSPS) is 18.4. The highest BCUT2D eigenvalue weighted by atomic mass is 28.3. The summed E-state index contributed by atoms with van der Waals surface area (Å²) in [5.74, 6) is -0.569. The Morgan fingerprint density at radius 3 is 2.33 bits per heavy atom. The molecule has 16 heteroatoms. The summed E-state index contributed by atoms with van der Waals surface area (Å²) in [5.41, 5.74) is 0.168. The lowest BCUT2D eigenvalue weighted by molar-refractivity contribution is -0.274. The van der Waals surface area contributed by atoms with Gasteiger partial charge in [0.25, 0.3) is 0 Å². The second-order valence-electron chi connectivity index (χ2n) is 13.5. The van der Waals surface area contributed by atoms with Crippen molar-refractivity contribution in [3.8, 4) is 5.75 Å². The Balaban J connectivity index is 1.61. The van der Waals surface area contributed by atoms with E-state index >= 15 is 0 Å². The molecule has 1 unspecified atom stereocenters. The maximum atomic E-state index is 13.7. The summed E-state index contributed by atoms with van der Waals surface area (Å²) >= 11 is 0. The first kappa shape index (κ1) is 35.7. The monoisotopic (exact) mass is 666 g/mol. The van der Waals surface area contributed by atoms with E-state index in [1.54, 1.807) is 12.3 Å². The zero-order chi connectivity index (χ0) is 34.1. The van der Waals surface area contributed by atoms with Crippen molar-refractivity contribution in [3.63, 3.8) is 0 Å². The number of fused-ring (bicyclic) bond motifs is 1. The lowest BCUT2D eigenvalue weighted by Crippen LogP contribution is -2.53. The average molecular weight is 667 g/mol. The van der Waals surface area contributed by atoms with Gasteiger partial charge >= 0.3 is 19.5 Å². The first-order valence-electron chi connectivity index (χ1n) is 15.0. The summed E-state index contributed by atoms with van der Waals surface area (Å²) in [5, 5.41) is 2.82. The van der Waals surface area contributed by atoms with Crippen LogP contribution < -0.4 is 25.3 Å². The van der Waals surface area contributed by atoms with Crippen molar-refractivity contribution in [2.45, 2.75) is 77.0 Å². The van der Waals surface area contributed by atoms with Crippen molar-refractivity contribution >= 4 is 44.1 Å². The molecular formula is C30H42BF3N4O7Si. The highest BCUT2D eigenvalue weighted by Crippen LogP contribution is 2.38. The van der Waals surface area contributed by atoms with Gasteiger partial charge in [-0.05, 0) is 57.5 Å². The Kier molecular flexibility index (Phi) is 10.5. The third kappa shape index (κ3) is 8.59. The van der Waals surface area contributed by atoms with Crippen LogP contribution in [0.25, 0.3) is 0 Å². The molecule has 1 saturated heterocycles. The van der Waals surface area contributed by atoms with Gasteiger partial charge in [-0.25, -0.2) is 9.78 Å². The molecule has 2 aliphatic heterocycles. The van der Waals surface area contributed by atoms with Gasteiger partial charge < -0.3 is 28.8 Å². The molecule has 4 rings (SSSR count). The number of nitrogens with one attached hydrogen (secondary N) is 1. The number of anilines is 2. The highest BCUT2D eigenvalue weighted by Gasteiger charge is 2.52. The van der Waals surface area contributed by atoms with E-state index in [0.717, 1.165) is 18.2 Å². The van der Waals surface area contributed by atoms with Crippen LogP contribution in [0.15, 0.2) is 36.5 Å². The van der Waals surface area contributed by atoms with E-state index in [-0.39, 0.29) is 31.6 Å². The standard InChI is InChI=1S/C30H42BF3N4O7Si/c1-28(2)29(3,4)45-31(44-28)21-15-24-26(35-16-21)37(17-25(39)38(24)19-42-13-14-46(6,7)8)27(40)36-23(18-41-5)20-9-11-22(12-10-20)43-30(32,33)34/h9-12,15-16,23H,13-14,17-19H2,1-8H3,(H,36,40).